The van der Waals surface area contributed by atoms with E-state index in [4.69, 9.17) is 22.4 Å². The Morgan fingerprint density at radius 1 is 1.57 bits per heavy atom. The van der Waals surface area contributed by atoms with E-state index in [1.807, 2.05) is 0 Å². The van der Waals surface area contributed by atoms with Crippen LogP contribution in [-0.2, 0) is 0 Å². The zero-order valence-electron chi connectivity index (χ0n) is 7.13. The van der Waals surface area contributed by atoms with Gasteiger partial charge in [-0.05, 0) is 6.07 Å². The third-order valence-corrected chi connectivity index (χ3v) is 2.18. The Labute approximate surface area is 84.9 Å². The number of pyridine rings is 1. The maximum absolute atomic E-state index is 7.42. The molecule has 0 saturated heterocycles. The molecule has 2 rings (SSSR count). The standard InChI is InChI=1S/C9H7ClN4/c10-8(12)7-5(3-11)4-14-9-6(7)1-2-13-9/h1-4,11-12H,(H,13,14). The molecule has 70 valence electrons. The van der Waals surface area contributed by atoms with Crippen LogP contribution >= 0.6 is 11.6 Å². The van der Waals surface area contributed by atoms with Crippen LogP contribution in [0.25, 0.3) is 11.0 Å². The van der Waals surface area contributed by atoms with E-state index < -0.39 is 0 Å². The number of fused-ring (bicyclic) bond motifs is 1. The van der Waals surface area contributed by atoms with Crippen molar-refractivity contribution in [3.8, 4) is 0 Å². The predicted octanol–water partition coefficient (Wildman–Crippen LogP) is 2.12. The highest BCUT2D eigenvalue weighted by Gasteiger charge is 2.10. The van der Waals surface area contributed by atoms with Gasteiger partial charge < -0.3 is 10.4 Å². The zero-order chi connectivity index (χ0) is 10.1. The molecule has 0 saturated carbocycles. The van der Waals surface area contributed by atoms with Gasteiger partial charge in [0.05, 0.1) is 0 Å². The number of H-pyrrole nitrogens is 1. The van der Waals surface area contributed by atoms with Gasteiger partial charge in [-0.3, -0.25) is 5.41 Å². The van der Waals surface area contributed by atoms with Crippen LogP contribution in [0.1, 0.15) is 11.1 Å². The van der Waals surface area contributed by atoms with E-state index in [9.17, 15) is 0 Å². The molecule has 0 unspecified atom stereocenters. The second kappa shape index (κ2) is 3.23. The van der Waals surface area contributed by atoms with Crippen molar-refractivity contribution in [1.82, 2.24) is 9.97 Å². The summed E-state index contributed by atoms with van der Waals surface area (Å²) in [6, 6.07) is 1.79. The lowest BCUT2D eigenvalue weighted by molar-refractivity contribution is 1.31. The predicted molar refractivity (Wildman–Crippen MR) is 56.7 cm³/mol. The SMILES string of the molecule is N=Cc1cnc2[nH]ccc2c1C(=N)Cl. The van der Waals surface area contributed by atoms with Gasteiger partial charge in [-0.25, -0.2) is 4.98 Å². The average Bonchev–Trinajstić information content (AvgIpc) is 2.62. The zero-order valence-corrected chi connectivity index (χ0v) is 7.89. The summed E-state index contributed by atoms with van der Waals surface area (Å²) in [5, 5.41) is 15.3. The van der Waals surface area contributed by atoms with Crippen LogP contribution < -0.4 is 0 Å². The number of hydrogen-bond donors (Lipinski definition) is 3. The molecule has 0 bridgehead atoms. The van der Waals surface area contributed by atoms with Crippen LogP contribution in [0.3, 0.4) is 0 Å². The first kappa shape index (κ1) is 8.90. The third kappa shape index (κ3) is 1.20. The molecule has 2 aromatic heterocycles. The number of nitrogens with one attached hydrogen (secondary N) is 3. The van der Waals surface area contributed by atoms with E-state index in [2.05, 4.69) is 9.97 Å². The van der Waals surface area contributed by atoms with Crippen molar-refractivity contribution in [1.29, 1.82) is 10.8 Å². The van der Waals surface area contributed by atoms with Crippen molar-refractivity contribution in [2.45, 2.75) is 0 Å². The van der Waals surface area contributed by atoms with E-state index in [-0.39, 0.29) is 5.17 Å². The first-order valence-electron chi connectivity index (χ1n) is 3.95. The van der Waals surface area contributed by atoms with Gasteiger partial charge in [0, 0.05) is 35.1 Å². The third-order valence-electron chi connectivity index (χ3n) is 1.99. The van der Waals surface area contributed by atoms with Crippen LogP contribution in [0.5, 0.6) is 0 Å². The Morgan fingerprint density at radius 2 is 2.36 bits per heavy atom. The fourth-order valence-electron chi connectivity index (χ4n) is 1.38. The van der Waals surface area contributed by atoms with E-state index >= 15 is 0 Å². The van der Waals surface area contributed by atoms with Crippen LogP contribution in [-0.4, -0.2) is 21.4 Å². The smallest absolute Gasteiger partial charge is 0.137 e. The van der Waals surface area contributed by atoms with Crippen LogP contribution in [0.15, 0.2) is 18.5 Å². The molecule has 0 atom stereocenters. The molecule has 0 radical (unpaired) electrons. The van der Waals surface area contributed by atoms with Gasteiger partial charge in [0.2, 0.25) is 0 Å². The maximum atomic E-state index is 7.42. The fraction of sp³-hybridized carbons (Fsp3) is 0. The molecule has 0 fully saturated rings. The molecule has 4 nitrogen and oxygen atoms in total. The highest BCUT2D eigenvalue weighted by atomic mass is 35.5. The molecular formula is C9H7ClN4. The maximum Gasteiger partial charge on any atom is 0.137 e. The van der Waals surface area contributed by atoms with Crippen LogP contribution in [0.4, 0.5) is 0 Å². The minimum atomic E-state index is -0.0736. The van der Waals surface area contributed by atoms with Crippen molar-refractivity contribution in [2.24, 2.45) is 0 Å². The monoisotopic (exact) mass is 206 g/mol. The lowest BCUT2D eigenvalue weighted by atomic mass is 10.1. The summed E-state index contributed by atoms with van der Waals surface area (Å²) in [6.45, 7) is 0. The van der Waals surface area contributed by atoms with Gasteiger partial charge >= 0.3 is 0 Å². The summed E-state index contributed by atoms with van der Waals surface area (Å²) in [4.78, 5) is 7.02. The van der Waals surface area contributed by atoms with Crippen molar-refractivity contribution in [3.63, 3.8) is 0 Å². The Bertz CT molecular complexity index is 515. The molecule has 0 aliphatic carbocycles. The number of rotatable bonds is 2. The Balaban J connectivity index is 2.88. The van der Waals surface area contributed by atoms with E-state index in [0.717, 1.165) is 11.6 Å². The number of aromatic nitrogens is 2. The van der Waals surface area contributed by atoms with Gasteiger partial charge in [0.15, 0.2) is 0 Å². The normalized spacial score (nSPS) is 10.4. The Morgan fingerprint density at radius 3 is 3.00 bits per heavy atom. The molecule has 0 spiro atoms. The summed E-state index contributed by atoms with van der Waals surface area (Å²) in [5.74, 6) is 0. The first-order valence-corrected chi connectivity index (χ1v) is 4.33. The molecule has 0 aromatic carbocycles. The van der Waals surface area contributed by atoms with Crippen LogP contribution in [0.2, 0.25) is 0 Å². The van der Waals surface area contributed by atoms with Crippen molar-refractivity contribution in [3.05, 3.63) is 29.6 Å². The average molecular weight is 207 g/mol. The van der Waals surface area contributed by atoms with Gasteiger partial charge in [-0.2, -0.15) is 0 Å². The molecule has 0 aliphatic heterocycles. The number of aromatic amines is 1. The molecular weight excluding hydrogens is 200 g/mol. The molecule has 0 aliphatic rings. The summed E-state index contributed by atoms with van der Waals surface area (Å²) in [5.41, 5.74) is 1.78. The first-order chi connectivity index (χ1) is 6.74. The molecule has 5 heteroatoms. The molecule has 0 amide bonds. The van der Waals surface area contributed by atoms with Crippen molar-refractivity contribution < 1.29 is 0 Å². The van der Waals surface area contributed by atoms with E-state index in [0.29, 0.717) is 16.8 Å². The number of nitrogens with zero attached hydrogens (tertiary/aromatic N) is 1. The van der Waals surface area contributed by atoms with E-state index in [1.54, 1.807) is 12.3 Å². The lowest BCUT2D eigenvalue weighted by Gasteiger charge is -2.02. The van der Waals surface area contributed by atoms with Gasteiger partial charge in [-0.15, -0.1) is 0 Å². The van der Waals surface area contributed by atoms with Gasteiger partial charge in [0.1, 0.15) is 10.8 Å². The Kier molecular flexibility index (Phi) is 2.05. The largest absolute Gasteiger partial charge is 0.346 e. The summed E-state index contributed by atoms with van der Waals surface area (Å²) < 4.78 is 0. The van der Waals surface area contributed by atoms with Crippen molar-refractivity contribution in [2.75, 3.05) is 0 Å². The summed E-state index contributed by atoms with van der Waals surface area (Å²) in [6.07, 6.45) is 4.40. The quantitative estimate of drug-likeness (QED) is 0.647. The topological polar surface area (TPSA) is 76.4 Å². The Hall–Kier alpha value is -1.68. The number of halogens is 1. The van der Waals surface area contributed by atoms with E-state index in [1.165, 1.54) is 6.20 Å². The second-order valence-electron chi connectivity index (χ2n) is 2.79. The second-order valence-corrected chi connectivity index (χ2v) is 3.16. The molecule has 14 heavy (non-hydrogen) atoms. The van der Waals surface area contributed by atoms with Gasteiger partial charge in [0.25, 0.3) is 0 Å². The molecule has 2 heterocycles. The lowest BCUT2D eigenvalue weighted by Crippen LogP contribution is -1.98. The highest BCUT2D eigenvalue weighted by Crippen LogP contribution is 2.20. The summed E-state index contributed by atoms with van der Waals surface area (Å²) in [7, 11) is 0. The van der Waals surface area contributed by atoms with Gasteiger partial charge in [-0.1, -0.05) is 11.6 Å². The van der Waals surface area contributed by atoms with Crippen LogP contribution in [0, 0.1) is 10.8 Å². The fourth-order valence-corrected chi connectivity index (χ4v) is 1.59. The minimum Gasteiger partial charge on any atom is -0.346 e. The van der Waals surface area contributed by atoms with Crippen molar-refractivity contribution >= 4 is 34.0 Å². The molecule has 3 N–H and O–H groups in total. The summed E-state index contributed by atoms with van der Waals surface area (Å²) >= 11 is 5.66. The molecule has 2 aromatic rings. The number of hydrogen-bond acceptors (Lipinski definition) is 3. The highest BCUT2D eigenvalue weighted by molar-refractivity contribution is 6.70. The minimum absolute atomic E-state index is 0.0736.